The zero-order valence-corrected chi connectivity index (χ0v) is 23.3. The Hall–Kier alpha value is -3.38. The molecule has 0 N–H and O–H groups in total. The van der Waals surface area contributed by atoms with E-state index in [4.69, 9.17) is 18.8 Å². The Kier molecular flexibility index (Phi) is 6.34. The third-order valence-electron chi connectivity index (χ3n) is 6.72. The minimum Gasteiger partial charge on any atom is -0.443 e. The first-order valence-corrected chi connectivity index (χ1v) is 12.8. The average molecular weight is 608 g/mol. The summed E-state index contributed by atoms with van der Waals surface area (Å²) in [6, 6.07) is 13.0. The molecule has 12 heteroatoms. The SMILES string of the molecule is COC1(c2onc(-c3ccccc3)c2C(F)(F)F)ON=C2c3ccc(Br)cc3N(C(=O)OC(C)(C)C)CC21C. The van der Waals surface area contributed by atoms with Gasteiger partial charge in [-0.1, -0.05) is 56.6 Å². The fraction of sp³-hybridized carbons (Fsp3) is 0.370. The number of hydrogen-bond donors (Lipinski definition) is 0. The molecule has 2 aliphatic heterocycles. The number of alkyl halides is 3. The number of amides is 1. The largest absolute Gasteiger partial charge is 0.443 e. The van der Waals surface area contributed by atoms with E-state index in [9.17, 15) is 18.0 Å². The topological polar surface area (TPSA) is 86.4 Å². The normalized spacial score (nSPS) is 22.6. The number of carbonyl (C=O) groups is 1. The summed E-state index contributed by atoms with van der Waals surface area (Å²) in [5.41, 5.74) is -2.48. The summed E-state index contributed by atoms with van der Waals surface area (Å²) < 4.78 is 61.5. The molecule has 0 saturated carbocycles. The Labute approximate surface area is 230 Å². The van der Waals surface area contributed by atoms with Gasteiger partial charge >= 0.3 is 18.1 Å². The molecule has 0 radical (unpaired) electrons. The molecule has 0 fully saturated rings. The third kappa shape index (κ3) is 4.29. The van der Waals surface area contributed by atoms with Gasteiger partial charge in [0.2, 0.25) is 5.76 Å². The number of benzene rings is 2. The maximum absolute atomic E-state index is 14.7. The predicted octanol–water partition coefficient (Wildman–Crippen LogP) is 7.12. The van der Waals surface area contributed by atoms with Crippen molar-refractivity contribution >= 4 is 33.4 Å². The molecule has 8 nitrogen and oxygen atoms in total. The van der Waals surface area contributed by atoms with Gasteiger partial charge in [0.05, 0.1) is 5.69 Å². The molecule has 2 atom stereocenters. The number of hydrogen-bond acceptors (Lipinski definition) is 7. The van der Waals surface area contributed by atoms with E-state index in [0.717, 1.165) is 0 Å². The van der Waals surface area contributed by atoms with Crippen molar-refractivity contribution in [2.75, 3.05) is 18.6 Å². The van der Waals surface area contributed by atoms with Crippen LogP contribution in [0.15, 0.2) is 62.7 Å². The fourth-order valence-corrected chi connectivity index (χ4v) is 5.37. The first-order valence-electron chi connectivity index (χ1n) is 12.0. The minimum absolute atomic E-state index is 0.198. The van der Waals surface area contributed by atoms with E-state index >= 15 is 0 Å². The average Bonchev–Trinajstić information content (AvgIpc) is 3.43. The smallest absolute Gasteiger partial charge is 0.422 e. The van der Waals surface area contributed by atoms with Gasteiger partial charge in [-0.2, -0.15) is 13.2 Å². The monoisotopic (exact) mass is 607 g/mol. The molecule has 0 bridgehead atoms. The highest BCUT2D eigenvalue weighted by Crippen LogP contribution is 2.57. The third-order valence-corrected chi connectivity index (χ3v) is 7.21. The van der Waals surface area contributed by atoms with Crippen LogP contribution in [-0.2, 0) is 26.3 Å². The van der Waals surface area contributed by atoms with E-state index < -0.39 is 46.1 Å². The van der Waals surface area contributed by atoms with E-state index in [1.54, 1.807) is 64.1 Å². The summed E-state index contributed by atoms with van der Waals surface area (Å²) in [7, 11) is 1.20. The first-order chi connectivity index (χ1) is 18.2. The van der Waals surface area contributed by atoms with Gasteiger partial charge in [0.1, 0.15) is 28.0 Å². The second-order valence-electron chi connectivity index (χ2n) is 10.5. The molecule has 1 aromatic heterocycles. The summed E-state index contributed by atoms with van der Waals surface area (Å²) in [5, 5.41) is 8.02. The Morgan fingerprint density at radius 3 is 2.44 bits per heavy atom. The van der Waals surface area contributed by atoms with Crippen LogP contribution in [-0.4, -0.2) is 36.2 Å². The van der Waals surface area contributed by atoms with Crippen molar-refractivity contribution in [1.29, 1.82) is 0 Å². The van der Waals surface area contributed by atoms with Crippen molar-refractivity contribution in [1.82, 2.24) is 5.16 Å². The number of halogens is 4. The number of ether oxygens (including phenoxy) is 2. The van der Waals surface area contributed by atoms with Gasteiger partial charge < -0.3 is 18.8 Å². The van der Waals surface area contributed by atoms with E-state index in [1.807, 2.05) is 0 Å². The van der Waals surface area contributed by atoms with Crippen molar-refractivity contribution in [3.05, 3.63) is 69.9 Å². The van der Waals surface area contributed by atoms with Gasteiger partial charge in [-0.25, -0.2) is 4.79 Å². The molecule has 0 saturated heterocycles. The van der Waals surface area contributed by atoms with E-state index in [1.165, 1.54) is 24.1 Å². The second kappa shape index (κ2) is 9.09. The molecule has 2 aliphatic rings. The lowest BCUT2D eigenvalue weighted by Gasteiger charge is -2.45. The number of oxime groups is 1. The number of aromatic nitrogens is 1. The van der Waals surface area contributed by atoms with Crippen LogP contribution in [0.3, 0.4) is 0 Å². The molecule has 0 aliphatic carbocycles. The molecule has 2 unspecified atom stereocenters. The Balaban J connectivity index is 1.71. The summed E-state index contributed by atoms with van der Waals surface area (Å²) in [5.74, 6) is -2.93. The number of anilines is 1. The number of fused-ring (bicyclic) bond motifs is 3. The van der Waals surface area contributed by atoms with Crippen LogP contribution in [0.2, 0.25) is 0 Å². The van der Waals surface area contributed by atoms with Gasteiger partial charge in [0.15, 0.2) is 0 Å². The molecule has 5 rings (SSSR count). The molecule has 2 aromatic carbocycles. The highest BCUT2D eigenvalue weighted by Gasteiger charge is 2.68. The molecule has 3 heterocycles. The van der Waals surface area contributed by atoms with Gasteiger partial charge in [0.25, 0.3) is 0 Å². The zero-order valence-electron chi connectivity index (χ0n) is 21.7. The van der Waals surface area contributed by atoms with E-state index in [0.29, 0.717) is 15.7 Å². The van der Waals surface area contributed by atoms with Gasteiger partial charge in [-0.15, -0.1) is 0 Å². The van der Waals surface area contributed by atoms with Crippen LogP contribution in [0.1, 0.15) is 44.6 Å². The van der Waals surface area contributed by atoms with Crippen LogP contribution < -0.4 is 4.90 Å². The summed E-state index contributed by atoms with van der Waals surface area (Å²) in [4.78, 5) is 20.5. The molecule has 206 valence electrons. The standard InChI is InChI=1S/C27H25BrF3N3O5/c1-24(2,3)37-23(35)34-14-25(4)21(17-12-11-16(28)13-18(17)34)33-39-26(25,36-5)22-19(27(29,30)31)20(32-38-22)15-9-7-6-8-10-15/h6-13H,14H2,1-5H3. The Bertz CT molecular complexity index is 1470. The summed E-state index contributed by atoms with van der Waals surface area (Å²) in [6.07, 6.45) is -5.59. The highest BCUT2D eigenvalue weighted by atomic mass is 79.9. The van der Waals surface area contributed by atoms with Crippen molar-refractivity contribution < 1.29 is 36.8 Å². The van der Waals surface area contributed by atoms with Gasteiger partial charge in [0, 0.05) is 29.3 Å². The van der Waals surface area contributed by atoms with Crippen molar-refractivity contribution in [3.8, 4) is 11.3 Å². The Morgan fingerprint density at radius 1 is 1.13 bits per heavy atom. The van der Waals surface area contributed by atoms with Crippen molar-refractivity contribution in [2.45, 2.75) is 45.3 Å². The molecule has 0 spiro atoms. The van der Waals surface area contributed by atoms with Crippen molar-refractivity contribution in [2.24, 2.45) is 10.6 Å². The first kappa shape index (κ1) is 27.2. The van der Waals surface area contributed by atoms with Crippen LogP contribution in [0.25, 0.3) is 11.3 Å². The maximum atomic E-state index is 14.7. The van der Waals surface area contributed by atoms with Crippen LogP contribution in [0, 0.1) is 5.41 Å². The molecule has 1 amide bonds. The van der Waals surface area contributed by atoms with Crippen molar-refractivity contribution in [3.63, 3.8) is 0 Å². The van der Waals surface area contributed by atoms with E-state index in [-0.39, 0.29) is 17.8 Å². The van der Waals surface area contributed by atoms with Crippen LogP contribution >= 0.6 is 15.9 Å². The molecular weight excluding hydrogens is 583 g/mol. The minimum atomic E-state index is -4.89. The number of methoxy groups -OCH3 is 1. The molecule has 3 aromatic rings. The van der Waals surface area contributed by atoms with Gasteiger partial charge in [-0.05, 0) is 45.9 Å². The zero-order chi connectivity index (χ0) is 28.4. The lowest BCUT2D eigenvalue weighted by atomic mass is 9.70. The number of nitrogens with zero attached hydrogens (tertiary/aromatic N) is 3. The number of carbonyl (C=O) groups excluding carboxylic acids is 1. The van der Waals surface area contributed by atoms with E-state index in [2.05, 4.69) is 26.2 Å². The summed E-state index contributed by atoms with van der Waals surface area (Å²) >= 11 is 3.42. The summed E-state index contributed by atoms with van der Waals surface area (Å²) in [6.45, 7) is 6.57. The highest BCUT2D eigenvalue weighted by molar-refractivity contribution is 9.10. The van der Waals surface area contributed by atoms with Crippen LogP contribution in [0.5, 0.6) is 0 Å². The van der Waals surface area contributed by atoms with Gasteiger partial charge in [-0.3, -0.25) is 4.90 Å². The number of rotatable bonds is 3. The maximum Gasteiger partial charge on any atom is 0.422 e. The second-order valence-corrected chi connectivity index (χ2v) is 11.4. The predicted molar refractivity (Wildman–Crippen MR) is 139 cm³/mol. The van der Waals surface area contributed by atoms with Crippen LogP contribution in [0.4, 0.5) is 23.7 Å². The quantitative estimate of drug-likeness (QED) is 0.315. The Morgan fingerprint density at radius 2 is 1.82 bits per heavy atom. The molecular formula is C27H25BrF3N3O5. The molecule has 39 heavy (non-hydrogen) atoms. The lowest BCUT2D eigenvalue weighted by molar-refractivity contribution is -0.274. The fourth-order valence-electron chi connectivity index (χ4n) is 5.02. The lowest BCUT2D eigenvalue weighted by Crippen LogP contribution is -2.58.